The Labute approximate surface area is 122 Å². The SMILES string of the molecule is CC(C)CNC(=S)N/N=C1\[C@@H](O)[C@@H](O)[C@@H](O)[C@H](O)[C@H]1O. The maximum atomic E-state index is 9.71. The Kier molecular flexibility index (Phi) is 6.24. The third-order valence-electron chi connectivity index (χ3n) is 2.91. The van der Waals surface area contributed by atoms with E-state index in [0.717, 1.165) is 0 Å². The van der Waals surface area contributed by atoms with Crippen molar-refractivity contribution in [3.05, 3.63) is 0 Å². The predicted molar refractivity (Wildman–Crippen MR) is 76.0 cm³/mol. The van der Waals surface area contributed by atoms with Crippen molar-refractivity contribution in [1.29, 1.82) is 0 Å². The number of thiocarbonyl (C=S) groups is 1. The zero-order valence-corrected chi connectivity index (χ0v) is 12.1. The van der Waals surface area contributed by atoms with Crippen molar-refractivity contribution in [3.63, 3.8) is 0 Å². The zero-order valence-electron chi connectivity index (χ0n) is 11.3. The first-order chi connectivity index (χ1) is 9.25. The Morgan fingerprint density at radius 3 is 2.05 bits per heavy atom. The number of aliphatic hydroxyl groups excluding tert-OH is 5. The summed E-state index contributed by atoms with van der Waals surface area (Å²) >= 11 is 4.93. The van der Waals surface area contributed by atoms with Crippen LogP contribution in [-0.4, -0.2) is 73.4 Å². The van der Waals surface area contributed by atoms with E-state index in [1.807, 2.05) is 13.8 Å². The molecule has 9 heteroatoms. The highest BCUT2D eigenvalue weighted by Gasteiger charge is 2.46. The first-order valence-corrected chi connectivity index (χ1v) is 6.68. The van der Waals surface area contributed by atoms with Gasteiger partial charge in [-0.15, -0.1) is 0 Å². The van der Waals surface area contributed by atoms with Crippen LogP contribution in [0.25, 0.3) is 0 Å². The average molecular weight is 307 g/mol. The Morgan fingerprint density at radius 2 is 1.60 bits per heavy atom. The zero-order chi connectivity index (χ0) is 15.4. The van der Waals surface area contributed by atoms with E-state index in [4.69, 9.17) is 12.2 Å². The normalized spacial score (nSPS) is 36.2. The van der Waals surface area contributed by atoms with Gasteiger partial charge in [0, 0.05) is 6.54 Å². The van der Waals surface area contributed by atoms with E-state index in [2.05, 4.69) is 15.8 Å². The molecule has 0 aromatic heterocycles. The van der Waals surface area contributed by atoms with Gasteiger partial charge in [0.2, 0.25) is 0 Å². The van der Waals surface area contributed by atoms with Crippen LogP contribution >= 0.6 is 12.2 Å². The van der Waals surface area contributed by atoms with Gasteiger partial charge < -0.3 is 30.8 Å². The fraction of sp³-hybridized carbons (Fsp3) is 0.818. The molecule has 20 heavy (non-hydrogen) atoms. The van der Waals surface area contributed by atoms with Crippen LogP contribution in [0.4, 0.5) is 0 Å². The number of hydrogen-bond acceptors (Lipinski definition) is 7. The molecule has 0 spiro atoms. The van der Waals surface area contributed by atoms with Gasteiger partial charge >= 0.3 is 0 Å². The Hall–Kier alpha value is -0.840. The third-order valence-corrected chi connectivity index (χ3v) is 3.15. The molecule has 8 nitrogen and oxygen atoms in total. The van der Waals surface area contributed by atoms with Crippen molar-refractivity contribution in [2.75, 3.05) is 6.54 Å². The Bertz CT molecular complexity index is 361. The molecule has 0 aliphatic heterocycles. The number of hydrogen-bond donors (Lipinski definition) is 7. The van der Waals surface area contributed by atoms with Crippen LogP contribution in [0.15, 0.2) is 5.10 Å². The van der Waals surface area contributed by atoms with Gasteiger partial charge in [0.05, 0.1) is 0 Å². The Morgan fingerprint density at radius 1 is 1.10 bits per heavy atom. The van der Waals surface area contributed by atoms with E-state index in [0.29, 0.717) is 12.5 Å². The van der Waals surface area contributed by atoms with Gasteiger partial charge in [0.15, 0.2) is 5.11 Å². The molecule has 1 aliphatic carbocycles. The highest BCUT2D eigenvalue weighted by Crippen LogP contribution is 2.18. The highest BCUT2D eigenvalue weighted by atomic mass is 32.1. The molecule has 1 aliphatic rings. The predicted octanol–water partition coefficient (Wildman–Crippen LogP) is -2.72. The standard InChI is InChI=1S/C11H21N3O5S/c1-4(2)3-12-11(20)14-13-5-6(15)8(17)10(19)9(18)7(5)16/h4,6-10,15-19H,3H2,1-2H3,(H2,12,14,20)/b13-5-/t6-,7+,8+,9+,10-/m0/s1. The van der Waals surface area contributed by atoms with Gasteiger partial charge in [-0.3, -0.25) is 5.43 Å². The van der Waals surface area contributed by atoms with Crippen molar-refractivity contribution in [2.24, 2.45) is 11.0 Å². The molecule has 1 fully saturated rings. The minimum Gasteiger partial charge on any atom is -0.387 e. The van der Waals surface area contributed by atoms with Gasteiger partial charge in [0.25, 0.3) is 0 Å². The first-order valence-electron chi connectivity index (χ1n) is 6.27. The first kappa shape index (κ1) is 17.2. The number of nitrogens with zero attached hydrogens (tertiary/aromatic N) is 1. The molecule has 0 amide bonds. The molecule has 5 atom stereocenters. The maximum Gasteiger partial charge on any atom is 0.186 e. The summed E-state index contributed by atoms with van der Waals surface area (Å²) in [6, 6.07) is 0. The molecule has 0 radical (unpaired) electrons. The van der Waals surface area contributed by atoms with Crippen LogP contribution < -0.4 is 10.7 Å². The molecule has 1 saturated carbocycles. The van der Waals surface area contributed by atoms with Crippen LogP contribution in [0.5, 0.6) is 0 Å². The minimum absolute atomic E-state index is 0.181. The molecular weight excluding hydrogens is 286 g/mol. The van der Waals surface area contributed by atoms with Crippen LogP contribution in [-0.2, 0) is 0 Å². The minimum atomic E-state index is -1.65. The second kappa shape index (κ2) is 7.25. The monoisotopic (exact) mass is 307 g/mol. The molecule has 0 unspecified atom stereocenters. The van der Waals surface area contributed by atoms with Crippen molar-refractivity contribution in [1.82, 2.24) is 10.7 Å². The maximum absolute atomic E-state index is 9.71. The van der Waals surface area contributed by atoms with Gasteiger partial charge in [0.1, 0.15) is 36.2 Å². The lowest BCUT2D eigenvalue weighted by molar-refractivity contribution is -0.130. The molecule has 0 heterocycles. The van der Waals surface area contributed by atoms with Crippen LogP contribution in [0.1, 0.15) is 13.8 Å². The quantitative estimate of drug-likeness (QED) is 0.221. The second-order valence-corrected chi connectivity index (χ2v) is 5.52. The molecular formula is C11H21N3O5S. The number of hydrazone groups is 1. The smallest absolute Gasteiger partial charge is 0.186 e. The summed E-state index contributed by atoms with van der Waals surface area (Å²) in [6.07, 6.45) is -8.10. The van der Waals surface area contributed by atoms with E-state index in [-0.39, 0.29) is 10.8 Å². The van der Waals surface area contributed by atoms with Crippen molar-refractivity contribution in [3.8, 4) is 0 Å². The van der Waals surface area contributed by atoms with Gasteiger partial charge in [-0.25, -0.2) is 0 Å². The number of aliphatic hydroxyl groups is 5. The number of nitrogens with one attached hydrogen (secondary N) is 2. The fourth-order valence-corrected chi connectivity index (χ4v) is 1.81. The molecule has 1 rings (SSSR count). The fourth-order valence-electron chi connectivity index (χ4n) is 1.68. The molecule has 116 valence electrons. The largest absolute Gasteiger partial charge is 0.387 e. The molecule has 0 aromatic rings. The molecule has 0 aromatic carbocycles. The van der Waals surface area contributed by atoms with Crippen molar-refractivity contribution in [2.45, 2.75) is 44.4 Å². The number of rotatable bonds is 3. The van der Waals surface area contributed by atoms with E-state index < -0.39 is 30.5 Å². The van der Waals surface area contributed by atoms with E-state index in [1.54, 1.807) is 0 Å². The topological polar surface area (TPSA) is 138 Å². The highest BCUT2D eigenvalue weighted by molar-refractivity contribution is 7.80. The second-order valence-electron chi connectivity index (χ2n) is 5.11. The van der Waals surface area contributed by atoms with Crippen molar-refractivity contribution >= 4 is 23.0 Å². The summed E-state index contributed by atoms with van der Waals surface area (Å²) in [5, 5.41) is 54.6. The average Bonchev–Trinajstić information content (AvgIpc) is 2.40. The third kappa shape index (κ3) is 4.08. The summed E-state index contributed by atoms with van der Waals surface area (Å²) in [4.78, 5) is 0. The summed E-state index contributed by atoms with van der Waals surface area (Å²) < 4.78 is 0. The van der Waals surface area contributed by atoms with E-state index >= 15 is 0 Å². The Balaban J connectivity index is 2.68. The van der Waals surface area contributed by atoms with Crippen LogP contribution in [0.2, 0.25) is 0 Å². The van der Waals surface area contributed by atoms with Crippen molar-refractivity contribution < 1.29 is 25.5 Å². The van der Waals surface area contributed by atoms with E-state index in [9.17, 15) is 25.5 Å². The lowest BCUT2D eigenvalue weighted by atomic mass is 9.86. The lowest BCUT2D eigenvalue weighted by Crippen LogP contribution is -2.62. The van der Waals surface area contributed by atoms with Gasteiger partial charge in [-0.1, -0.05) is 13.8 Å². The summed E-state index contributed by atoms with van der Waals surface area (Å²) in [7, 11) is 0. The summed E-state index contributed by atoms with van der Waals surface area (Å²) in [5.41, 5.74) is 2.12. The molecule has 0 bridgehead atoms. The summed E-state index contributed by atoms with van der Waals surface area (Å²) in [5.74, 6) is 0.368. The summed E-state index contributed by atoms with van der Waals surface area (Å²) in [6.45, 7) is 4.60. The molecule has 0 saturated heterocycles. The van der Waals surface area contributed by atoms with Crippen LogP contribution in [0, 0.1) is 5.92 Å². The van der Waals surface area contributed by atoms with Gasteiger partial charge in [-0.2, -0.15) is 5.10 Å². The molecule has 7 N–H and O–H groups in total. The van der Waals surface area contributed by atoms with Crippen LogP contribution in [0.3, 0.4) is 0 Å². The lowest BCUT2D eigenvalue weighted by Gasteiger charge is -2.36. The van der Waals surface area contributed by atoms with Gasteiger partial charge in [-0.05, 0) is 18.1 Å². The van der Waals surface area contributed by atoms with E-state index in [1.165, 1.54) is 0 Å².